The van der Waals surface area contributed by atoms with Gasteiger partial charge in [0.25, 0.3) is 0 Å². The number of rotatable bonds is 4. The van der Waals surface area contributed by atoms with E-state index < -0.39 is 0 Å². The molecule has 1 fully saturated rings. The van der Waals surface area contributed by atoms with Gasteiger partial charge in [-0.3, -0.25) is 0 Å². The van der Waals surface area contributed by atoms with Crippen molar-refractivity contribution < 1.29 is 9.53 Å². The second-order valence-corrected chi connectivity index (χ2v) is 4.93. The van der Waals surface area contributed by atoms with E-state index in [0.29, 0.717) is 36.5 Å². The van der Waals surface area contributed by atoms with Crippen molar-refractivity contribution in [1.82, 2.24) is 4.98 Å². The maximum absolute atomic E-state index is 12.0. The number of hydrogen-bond donors (Lipinski definition) is 1. The van der Waals surface area contributed by atoms with Crippen molar-refractivity contribution >= 4 is 11.8 Å². The van der Waals surface area contributed by atoms with Crippen LogP contribution in [-0.2, 0) is 4.74 Å². The predicted molar refractivity (Wildman–Crippen MR) is 74.2 cm³/mol. The predicted octanol–water partition coefficient (Wildman–Crippen LogP) is 1.43. The summed E-state index contributed by atoms with van der Waals surface area (Å²) in [6.07, 6.45) is 2.75. The van der Waals surface area contributed by atoms with Gasteiger partial charge in [-0.2, -0.15) is 0 Å². The van der Waals surface area contributed by atoms with Crippen LogP contribution in [0.25, 0.3) is 0 Å². The minimum Gasteiger partial charge on any atom is -0.462 e. The van der Waals surface area contributed by atoms with Crippen molar-refractivity contribution in [1.29, 1.82) is 0 Å². The largest absolute Gasteiger partial charge is 0.462 e. The van der Waals surface area contributed by atoms with Crippen molar-refractivity contribution in [3.8, 4) is 0 Å². The summed E-state index contributed by atoms with van der Waals surface area (Å²) in [5.74, 6) is 0.866. The Kier molecular flexibility index (Phi) is 4.37. The van der Waals surface area contributed by atoms with Crippen LogP contribution < -0.4 is 10.6 Å². The van der Waals surface area contributed by atoms with E-state index in [1.165, 1.54) is 0 Å². The number of esters is 1. The molecule has 0 bridgehead atoms. The Labute approximate surface area is 113 Å². The van der Waals surface area contributed by atoms with Gasteiger partial charge in [-0.1, -0.05) is 0 Å². The Hall–Kier alpha value is -1.62. The number of nitrogens with zero attached hydrogens (tertiary/aromatic N) is 2. The van der Waals surface area contributed by atoms with Crippen LogP contribution in [0.15, 0.2) is 18.3 Å². The lowest BCUT2D eigenvalue weighted by Gasteiger charge is -2.24. The third-order valence-electron chi connectivity index (χ3n) is 3.55. The zero-order chi connectivity index (χ0) is 13.8. The molecule has 0 saturated carbocycles. The Morgan fingerprint density at radius 3 is 3.05 bits per heavy atom. The lowest BCUT2D eigenvalue weighted by atomic mass is 10.1. The molecule has 0 radical (unpaired) electrons. The topological polar surface area (TPSA) is 68.5 Å². The Balaban J connectivity index is 2.27. The number of carbonyl (C=O) groups is 1. The molecule has 0 spiro atoms. The van der Waals surface area contributed by atoms with E-state index in [4.69, 9.17) is 10.5 Å². The summed E-state index contributed by atoms with van der Waals surface area (Å²) in [5.41, 5.74) is 6.28. The van der Waals surface area contributed by atoms with Gasteiger partial charge in [-0.15, -0.1) is 0 Å². The highest BCUT2D eigenvalue weighted by Gasteiger charge is 2.31. The number of carbonyl (C=O) groups excluding carboxylic acids is 1. The minimum atomic E-state index is -0.311. The Morgan fingerprint density at radius 1 is 1.63 bits per heavy atom. The zero-order valence-corrected chi connectivity index (χ0v) is 11.5. The van der Waals surface area contributed by atoms with Crippen molar-refractivity contribution in [3.63, 3.8) is 0 Å². The van der Waals surface area contributed by atoms with Crippen molar-refractivity contribution in [3.05, 3.63) is 23.9 Å². The van der Waals surface area contributed by atoms with Gasteiger partial charge in [0, 0.05) is 18.8 Å². The van der Waals surface area contributed by atoms with Crippen molar-refractivity contribution in [2.45, 2.75) is 26.3 Å². The van der Waals surface area contributed by atoms with Gasteiger partial charge in [0.15, 0.2) is 0 Å². The summed E-state index contributed by atoms with van der Waals surface area (Å²) in [4.78, 5) is 18.5. The maximum Gasteiger partial charge on any atom is 0.341 e. The highest BCUT2D eigenvalue weighted by atomic mass is 16.5. The van der Waals surface area contributed by atoms with Crippen LogP contribution in [0.1, 0.15) is 30.6 Å². The molecule has 2 N–H and O–H groups in total. The SMILES string of the molecule is CCOC(=O)c1cccnc1N1CC(CN)CC1C. The van der Waals surface area contributed by atoms with E-state index in [9.17, 15) is 4.79 Å². The molecular formula is C14H21N3O2. The first-order valence-electron chi connectivity index (χ1n) is 6.76. The van der Waals surface area contributed by atoms with Gasteiger partial charge < -0.3 is 15.4 Å². The molecule has 1 aliphatic rings. The number of ether oxygens (including phenoxy) is 1. The first-order chi connectivity index (χ1) is 9.17. The highest BCUT2D eigenvalue weighted by Crippen LogP contribution is 2.29. The molecule has 19 heavy (non-hydrogen) atoms. The number of hydrogen-bond acceptors (Lipinski definition) is 5. The standard InChI is InChI=1S/C14H21N3O2/c1-3-19-14(18)12-5-4-6-16-13(12)17-9-11(8-15)7-10(17)2/h4-6,10-11H,3,7-9,15H2,1-2H3. The maximum atomic E-state index is 12.0. The van der Waals surface area contributed by atoms with Crippen LogP contribution in [-0.4, -0.2) is 36.7 Å². The fourth-order valence-corrected chi connectivity index (χ4v) is 2.60. The van der Waals surface area contributed by atoms with E-state index in [1.54, 1.807) is 25.3 Å². The molecule has 2 unspecified atom stereocenters. The third-order valence-corrected chi connectivity index (χ3v) is 3.55. The zero-order valence-electron chi connectivity index (χ0n) is 11.5. The van der Waals surface area contributed by atoms with Gasteiger partial charge in [0.05, 0.1) is 6.61 Å². The smallest absolute Gasteiger partial charge is 0.341 e. The number of nitrogens with two attached hydrogens (primary N) is 1. The summed E-state index contributed by atoms with van der Waals surface area (Å²) in [5, 5.41) is 0. The molecule has 2 heterocycles. The first kappa shape index (κ1) is 13.8. The molecule has 0 aliphatic carbocycles. The second-order valence-electron chi connectivity index (χ2n) is 4.93. The quantitative estimate of drug-likeness (QED) is 0.832. The van der Waals surface area contributed by atoms with Gasteiger partial charge in [0.2, 0.25) is 0 Å². The third kappa shape index (κ3) is 2.87. The lowest BCUT2D eigenvalue weighted by molar-refractivity contribution is 0.0526. The number of anilines is 1. The molecular weight excluding hydrogens is 242 g/mol. The van der Waals surface area contributed by atoms with E-state index in [2.05, 4.69) is 16.8 Å². The summed E-state index contributed by atoms with van der Waals surface area (Å²) in [6, 6.07) is 3.87. The normalized spacial score (nSPS) is 22.6. The monoisotopic (exact) mass is 263 g/mol. The lowest BCUT2D eigenvalue weighted by Crippen LogP contribution is -2.30. The molecule has 5 nitrogen and oxygen atoms in total. The van der Waals surface area contributed by atoms with E-state index >= 15 is 0 Å². The summed E-state index contributed by atoms with van der Waals surface area (Å²) in [6.45, 7) is 5.83. The number of aromatic nitrogens is 1. The Morgan fingerprint density at radius 2 is 2.42 bits per heavy atom. The number of pyridine rings is 1. The van der Waals surface area contributed by atoms with Crippen molar-refractivity contribution in [2.24, 2.45) is 11.7 Å². The van der Waals surface area contributed by atoms with Gasteiger partial charge in [-0.05, 0) is 44.9 Å². The average Bonchev–Trinajstić information content (AvgIpc) is 2.80. The van der Waals surface area contributed by atoms with Crippen LogP contribution >= 0.6 is 0 Å². The fourth-order valence-electron chi connectivity index (χ4n) is 2.60. The van der Waals surface area contributed by atoms with Gasteiger partial charge in [-0.25, -0.2) is 9.78 Å². The second kappa shape index (κ2) is 6.02. The molecule has 1 aromatic heterocycles. The van der Waals surface area contributed by atoms with E-state index in [1.807, 2.05) is 0 Å². The summed E-state index contributed by atoms with van der Waals surface area (Å²) in [7, 11) is 0. The molecule has 2 rings (SSSR count). The van der Waals surface area contributed by atoms with Crippen LogP contribution in [0.3, 0.4) is 0 Å². The minimum absolute atomic E-state index is 0.311. The molecule has 5 heteroatoms. The summed E-state index contributed by atoms with van der Waals surface area (Å²) < 4.78 is 5.09. The van der Waals surface area contributed by atoms with E-state index in [0.717, 1.165) is 13.0 Å². The molecule has 1 aromatic rings. The summed E-state index contributed by atoms with van der Waals surface area (Å²) >= 11 is 0. The van der Waals surface area contributed by atoms with Crippen LogP contribution in [0.5, 0.6) is 0 Å². The average molecular weight is 263 g/mol. The van der Waals surface area contributed by atoms with Crippen LogP contribution in [0.4, 0.5) is 5.82 Å². The first-order valence-corrected chi connectivity index (χ1v) is 6.76. The van der Waals surface area contributed by atoms with E-state index in [-0.39, 0.29) is 5.97 Å². The Bertz CT molecular complexity index is 450. The van der Waals surface area contributed by atoms with Crippen molar-refractivity contribution in [2.75, 3.05) is 24.6 Å². The van der Waals surface area contributed by atoms with Gasteiger partial charge >= 0.3 is 5.97 Å². The molecule has 0 aromatic carbocycles. The molecule has 1 aliphatic heterocycles. The molecule has 2 atom stereocenters. The fraction of sp³-hybridized carbons (Fsp3) is 0.571. The molecule has 1 saturated heterocycles. The highest BCUT2D eigenvalue weighted by molar-refractivity contribution is 5.94. The van der Waals surface area contributed by atoms with Crippen LogP contribution in [0.2, 0.25) is 0 Å². The van der Waals surface area contributed by atoms with Crippen LogP contribution in [0, 0.1) is 5.92 Å². The molecule has 104 valence electrons. The molecule has 0 amide bonds. The van der Waals surface area contributed by atoms with Gasteiger partial charge in [0.1, 0.15) is 11.4 Å².